The van der Waals surface area contributed by atoms with E-state index in [1.165, 1.54) is 19.0 Å². The molecule has 3 aromatic rings. The van der Waals surface area contributed by atoms with E-state index in [2.05, 4.69) is 25.6 Å². The number of nitrogens with two attached hydrogens (primary N) is 1. The van der Waals surface area contributed by atoms with E-state index in [0.29, 0.717) is 34.3 Å². The maximum Gasteiger partial charge on any atom is 0.252 e. The summed E-state index contributed by atoms with van der Waals surface area (Å²) in [5, 5.41) is 17.1. The van der Waals surface area contributed by atoms with E-state index in [-0.39, 0.29) is 0 Å². The van der Waals surface area contributed by atoms with Crippen molar-refractivity contribution in [2.75, 3.05) is 5.32 Å². The molecule has 2 fully saturated rings. The van der Waals surface area contributed by atoms with Gasteiger partial charge < -0.3 is 21.4 Å². The predicted molar refractivity (Wildman–Crippen MR) is 120 cm³/mol. The molecule has 5 rings (SSSR count). The number of anilines is 1. The predicted octanol–water partition coefficient (Wildman–Crippen LogP) is 3.27. The first-order chi connectivity index (χ1) is 14.9. The van der Waals surface area contributed by atoms with Crippen LogP contribution in [0.15, 0.2) is 30.7 Å². The summed E-state index contributed by atoms with van der Waals surface area (Å²) in [5.74, 6) is -0.440. The summed E-state index contributed by atoms with van der Waals surface area (Å²) in [4.78, 5) is 22.9. The summed E-state index contributed by atoms with van der Waals surface area (Å²) >= 11 is 5.68. The van der Waals surface area contributed by atoms with Crippen LogP contribution in [0.2, 0.25) is 5.02 Å². The topological polar surface area (TPSA) is 133 Å². The Morgan fingerprint density at radius 3 is 2.68 bits per heavy atom. The lowest BCUT2D eigenvalue weighted by Crippen LogP contribution is -2.43. The summed E-state index contributed by atoms with van der Waals surface area (Å²) in [5.41, 5.74) is 8.81. The SMILES string of the molecule is Cc1ncc(C#N)cc1Cl.NC(=O)c1cnc2[nH]ccc2c1NC1C[C@H]2CC[C@@H](C1)N2. The Labute approximate surface area is 185 Å². The average molecular weight is 438 g/mol. The van der Waals surface area contributed by atoms with Gasteiger partial charge in [-0.05, 0) is 44.7 Å². The van der Waals surface area contributed by atoms with Crippen molar-refractivity contribution >= 4 is 34.2 Å². The van der Waals surface area contributed by atoms with Crippen molar-refractivity contribution in [2.24, 2.45) is 5.73 Å². The normalized spacial score (nSPS) is 21.8. The summed E-state index contributed by atoms with van der Waals surface area (Å²) in [7, 11) is 0. The van der Waals surface area contributed by atoms with Crippen molar-refractivity contribution in [1.82, 2.24) is 20.3 Å². The number of carbonyl (C=O) groups is 1. The number of aryl methyl sites for hydroxylation is 1. The number of H-pyrrole nitrogens is 1. The molecule has 2 saturated heterocycles. The molecule has 1 amide bonds. The highest BCUT2D eigenvalue weighted by atomic mass is 35.5. The molecule has 1 unspecified atom stereocenters. The summed E-state index contributed by atoms with van der Waals surface area (Å²) in [6.07, 6.45) is 9.56. The van der Waals surface area contributed by atoms with Crippen molar-refractivity contribution in [1.29, 1.82) is 5.26 Å². The van der Waals surface area contributed by atoms with Gasteiger partial charge in [0, 0.05) is 42.1 Å². The highest BCUT2D eigenvalue weighted by Gasteiger charge is 2.34. The summed E-state index contributed by atoms with van der Waals surface area (Å²) in [6, 6.07) is 7.06. The van der Waals surface area contributed by atoms with Crippen molar-refractivity contribution in [3.8, 4) is 6.07 Å². The van der Waals surface area contributed by atoms with Crippen molar-refractivity contribution in [2.45, 2.75) is 50.7 Å². The Morgan fingerprint density at radius 2 is 2.03 bits per heavy atom. The first-order valence-electron chi connectivity index (χ1n) is 10.2. The molecule has 2 bridgehead atoms. The second kappa shape index (κ2) is 8.92. The number of fused-ring (bicyclic) bond motifs is 3. The molecule has 9 heteroatoms. The van der Waals surface area contributed by atoms with Gasteiger partial charge in [-0.3, -0.25) is 9.78 Å². The van der Waals surface area contributed by atoms with Crippen LogP contribution in [-0.4, -0.2) is 39.0 Å². The number of hydrogen-bond donors (Lipinski definition) is 4. The van der Waals surface area contributed by atoms with E-state index < -0.39 is 5.91 Å². The fourth-order valence-corrected chi connectivity index (χ4v) is 4.46. The van der Waals surface area contributed by atoms with Crippen LogP contribution in [0.4, 0.5) is 5.69 Å². The number of aromatic amines is 1. The van der Waals surface area contributed by atoms with Crippen molar-refractivity contribution in [3.05, 3.63) is 52.6 Å². The van der Waals surface area contributed by atoms with Gasteiger partial charge in [-0.15, -0.1) is 0 Å². The molecular weight excluding hydrogens is 414 g/mol. The molecule has 160 valence electrons. The zero-order valence-corrected chi connectivity index (χ0v) is 17.9. The number of hydrogen-bond acceptors (Lipinski definition) is 6. The lowest BCUT2D eigenvalue weighted by atomic mass is 9.98. The number of carbonyl (C=O) groups excluding carboxylic acids is 1. The number of nitriles is 1. The van der Waals surface area contributed by atoms with E-state index in [1.54, 1.807) is 19.2 Å². The molecule has 0 radical (unpaired) electrons. The molecule has 3 atom stereocenters. The van der Waals surface area contributed by atoms with Gasteiger partial charge in [0.2, 0.25) is 0 Å². The maximum absolute atomic E-state index is 11.7. The monoisotopic (exact) mass is 437 g/mol. The third-order valence-electron chi connectivity index (χ3n) is 5.83. The zero-order valence-electron chi connectivity index (χ0n) is 17.2. The summed E-state index contributed by atoms with van der Waals surface area (Å²) < 4.78 is 0. The molecule has 3 aromatic heterocycles. The summed E-state index contributed by atoms with van der Waals surface area (Å²) in [6.45, 7) is 1.80. The molecule has 8 nitrogen and oxygen atoms in total. The van der Waals surface area contributed by atoms with Gasteiger partial charge in [0.15, 0.2) is 0 Å². The van der Waals surface area contributed by atoms with Gasteiger partial charge in [0.25, 0.3) is 5.91 Å². The molecular formula is C22H24ClN7O. The Morgan fingerprint density at radius 1 is 1.29 bits per heavy atom. The number of amides is 1. The zero-order chi connectivity index (χ0) is 22.0. The van der Waals surface area contributed by atoms with Crippen LogP contribution in [0.1, 0.15) is 47.3 Å². The van der Waals surface area contributed by atoms with E-state index >= 15 is 0 Å². The van der Waals surface area contributed by atoms with Crippen molar-refractivity contribution in [3.63, 3.8) is 0 Å². The average Bonchev–Trinajstić information content (AvgIpc) is 3.37. The van der Waals surface area contributed by atoms with Gasteiger partial charge in [-0.1, -0.05) is 11.6 Å². The molecule has 0 saturated carbocycles. The van der Waals surface area contributed by atoms with Crippen LogP contribution in [0.3, 0.4) is 0 Å². The first kappa shape index (κ1) is 21.1. The van der Waals surface area contributed by atoms with Gasteiger partial charge >= 0.3 is 0 Å². The van der Waals surface area contributed by atoms with Crippen LogP contribution < -0.4 is 16.4 Å². The van der Waals surface area contributed by atoms with Crippen molar-refractivity contribution < 1.29 is 4.79 Å². The Kier molecular flexibility index (Phi) is 6.07. The van der Waals surface area contributed by atoms with Gasteiger partial charge in [-0.25, -0.2) is 4.98 Å². The fourth-order valence-electron chi connectivity index (χ4n) is 4.30. The quantitative estimate of drug-likeness (QED) is 0.497. The second-order valence-corrected chi connectivity index (χ2v) is 8.41. The molecule has 5 heterocycles. The van der Waals surface area contributed by atoms with Gasteiger partial charge in [0.05, 0.1) is 27.5 Å². The number of rotatable bonds is 3. The van der Waals surface area contributed by atoms with Crippen LogP contribution in [0, 0.1) is 18.3 Å². The first-order valence-corrected chi connectivity index (χ1v) is 10.6. The Balaban J connectivity index is 0.000000196. The Bertz CT molecular complexity index is 1140. The Hall–Kier alpha value is -3.15. The number of halogens is 1. The largest absolute Gasteiger partial charge is 0.381 e. The number of aromatic nitrogens is 3. The standard InChI is InChI=1S/C15H19N5O.C7H5ClN2/c16-14(21)12-7-18-15-11(3-4-17-15)13(12)20-10-5-8-1-2-9(6-10)19-8;1-5-7(8)2-6(3-9)4-10-5/h3-4,7-10,19H,1-2,5-6H2,(H2,16,21)(H2,17,18,20);2,4H,1H3/t8-,9+,10?;. The number of primary amides is 1. The molecule has 0 spiro atoms. The molecule has 5 N–H and O–H groups in total. The molecule has 2 aliphatic rings. The minimum atomic E-state index is -0.440. The van der Waals surface area contributed by atoms with Crippen LogP contribution in [0.5, 0.6) is 0 Å². The smallest absolute Gasteiger partial charge is 0.252 e. The molecule has 2 aliphatic heterocycles. The third-order valence-corrected chi connectivity index (χ3v) is 6.21. The van der Waals surface area contributed by atoms with Gasteiger partial charge in [0.1, 0.15) is 11.7 Å². The molecule has 31 heavy (non-hydrogen) atoms. The lowest BCUT2D eigenvalue weighted by molar-refractivity contribution is 0.100. The second-order valence-electron chi connectivity index (χ2n) is 8.00. The maximum atomic E-state index is 11.7. The molecule has 0 aromatic carbocycles. The number of piperidine rings is 1. The number of pyridine rings is 2. The van der Waals surface area contributed by atoms with Crippen LogP contribution in [0.25, 0.3) is 11.0 Å². The van der Waals surface area contributed by atoms with E-state index in [1.807, 2.05) is 18.3 Å². The van der Waals surface area contributed by atoms with E-state index in [4.69, 9.17) is 22.6 Å². The number of nitrogens with one attached hydrogen (secondary N) is 3. The highest BCUT2D eigenvalue weighted by molar-refractivity contribution is 6.31. The number of nitrogens with zero attached hydrogens (tertiary/aromatic N) is 3. The fraction of sp³-hybridized carbons (Fsp3) is 0.364. The molecule has 0 aliphatic carbocycles. The van der Waals surface area contributed by atoms with E-state index in [9.17, 15) is 4.79 Å². The minimum absolute atomic E-state index is 0.377. The van der Waals surface area contributed by atoms with Crippen LogP contribution >= 0.6 is 11.6 Å². The highest BCUT2D eigenvalue weighted by Crippen LogP contribution is 2.32. The van der Waals surface area contributed by atoms with E-state index in [0.717, 1.165) is 35.3 Å². The van der Waals surface area contributed by atoms with Gasteiger partial charge in [-0.2, -0.15) is 5.26 Å². The minimum Gasteiger partial charge on any atom is -0.381 e. The lowest BCUT2D eigenvalue weighted by Gasteiger charge is -2.31. The van der Waals surface area contributed by atoms with Crippen LogP contribution in [-0.2, 0) is 0 Å². The third kappa shape index (κ3) is 4.63.